The van der Waals surface area contributed by atoms with Gasteiger partial charge in [0, 0.05) is 0 Å². The second-order valence-corrected chi connectivity index (χ2v) is 9.17. The molecule has 1 aromatic heterocycles. The second kappa shape index (κ2) is 10.5. The van der Waals surface area contributed by atoms with Crippen molar-refractivity contribution in [1.82, 2.24) is 4.90 Å². The van der Waals surface area contributed by atoms with E-state index in [2.05, 4.69) is 25.1 Å². The molecule has 1 amide bonds. The van der Waals surface area contributed by atoms with E-state index in [1.807, 2.05) is 78.9 Å². The lowest BCUT2D eigenvalue weighted by Crippen LogP contribution is -2.28. The van der Waals surface area contributed by atoms with E-state index < -0.39 is 0 Å². The van der Waals surface area contributed by atoms with Gasteiger partial charge in [0.2, 0.25) is 0 Å². The zero-order valence-electron chi connectivity index (χ0n) is 19.3. The molecule has 0 saturated carbocycles. The zero-order valence-corrected chi connectivity index (χ0v) is 20.1. The predicted octanol–water partition coefficient (Wildman–Crippen LogP) is 6.97. The molecule has 0 atom stereocenters. The van der Waals surface area contributed by atoms with Crippen molar-refractivity contribution in [3.05, 3.63) is 125 Å². The summed E-state index contributed by atoms with van der Waals surface area (Å²) in [4.78, 5) is 20.3. The molecule has 5 nitrogen and oxygen atoms in total. The highest BCUT2D eigenvalue weighted by atomic mass is 32.2. The van der Waals surface area contributed by atoms with Crippen LogP contribution < -0.4 is 4.74 Å². The third-order valence-electron chi connectivity index (χ3n) is 5.43. The largest absolute Gasteiger partial charge is 0.489 e. The number of carbonyl (C=O) groups is 1. The number of para-hydroxylation sites is 1. The van der Waals surface area contributed by atoms with Gasteiger partial charge in [-0.2, -0.15) is 0 Å². The number of amidine groups is 1. The van der Waals surface area contributed by atoms with Crippen LogP contribution >= 0.6 is 11.8 Å². The molecule has 35 heavy (non-hydrogen) atoms. The molecule has 6 heteroatoms. The number of thioether (sulfide) groups is 1. The normalized spacial score (nSPS) is 15.8. The van der Waals surface area contributed by atoms with Crippen LogP contribution in [-0.2, 0) is 17.9 Å². The number of nitrogens with zero attached hydrogens (tertiary/aromatic N) is 2. The molecule has 0 bridgehead atoms. The van der Waals surface area contributed by atoms with Crippen LogP contribution in [0.5, 0.6) is 5.75 Å². The smallest absolute Gasteiger partial charge is 0.267 e. The summed E-state index contributed by atoms with van der Waals surface area (Å²) in [7, 11) is 0. The van der Waals surface area contributed by atoms with E-state index >= 15 is 0 Å². The molecule has 5 rings (SSSR count). The maximum atomic E-state index is 13.3. The van der Waals surface area contributed by atoms with Gasteiger partial charge in [0.05, 0.1) is 23.4 Å². The van der Waals surface area contributed by atoms with Gasteiger partial charge in [0.25, 0.3) is 5.91 Å². The number of ether oxygens (including phenoxy) is 1. The van der Waals surface area contributed by atoms with E-state index in [-0.39, 0.29) is 5.91 Å². The zero-order chi connectivity index (χ0) is 24.0. The first-order chi connectivity index (χ1) is 17.1. The van der Waals surface area contributed by atoms with Gasteiger partial charge in [-0.05, 0) is 72.3 Å². The van der Waals surface area contributed by atoms with E-state index in [1.54, 1.807) is 11.2 Å². The van der Waals surface area contributed by atoms with Crippen molar-refractivity contribution in [3.63, 3.8) is 0 Å². The topological polar surface area (TPSA) is 55.0 Å². The van der Waals surface area contributed by atoms with Crippen LogP contribution in [0.1, 0.15) is 22.5 Å². The van der Waals surface area contributed by atoms with Gasteiger partial charge < -0.3 is 9.15 Å². The van der Waals surface area contributed by atoms with Crippen LogP contribution in [-0.4, -0.2) is 16.0 Å². The maximum Gasteiger partial charge on any atom is 0.267 e. The molecule has 0 aliphatic carbocycles. The Morgan fingerprint density at radius 1 is 0.971 bits per heavy atom. The molecule has 2 heterocycles. The Morgan fingerprint density at radius 2 is 1.80 bits per heavy atom. The molecule has 0 radical (unpaired) electrons. The molecule has 1 aliphatic rings. The average molecular weight is 481 g/mol. The predicted molar refractivity (Wildman–Crippen MR) is 140 cm³/mol. The first-order valence-electron chi connectivity index (χ1n) is 11.3. The van der Waals surface area contributed by atoms with Gasteiger partial charge in [-0.15, -0.1) is 0 Å². The van der Waals surface area contributed by atoms with Crippen LogP contribution in [0.3, 0.4) is 0 Å². The highest BCUT2D eigenvalue weighted by molar-refractivity contribution is 8.18. The summed E-state index contributed by atoms with van der Waals surface area (Å²) in [5.41, 5.74) is 4.06. The number of hydrogen-bond donors (Lipinski definition) is 0. The highest BCUT2D eigenvalue weighted by Gasteiger charge is 2.34. The van der Waals surface area contributed by atoms with Crippen LogP contribution in [0.25, 0.3) is 6.08 Å². The molecule has 1 saturated heterocycles. The summed E-state index contributed by atoms with van der Waals surface area (Å²) in [6.45, 7) is 2.91. The van der Waals surface area contributed by atoms with Crippen LogP contribution in [0.4, 0.5) is 5.69 Å². The fourth-order valence-electron chi connectivity index (χ4n) is 3.68. The summed E-state index contributed by atoms with van der Waals surface area (Å²) < 4.78 is 11.4. The minimum Gasteiger partial charge on any atom is -0.489 e. The molecular weight excluding hydrogens is 456 g/mol. The van der Waals surface area contributed by atoms with Crippen molar-refractivity contribution in [1.29, 1.82) is 0 Å². The highest BCUT2D eigenvalue weighted by Crippen LogP contribution is 2.35. The maximum absolute atomic E-state index is 13.3. The molecule has 3 aromatic carbocycles. The van der Waals surface area contributed by atoms with Crippen molar-refractivity contribution in [2.75, 3.05) is 0 Å². The van der Waals surface area contributed by atoms with Gasteiger partial charge in [0.1, 0.15) is 18.1 Å². The lowest BCUT2D eigenvalue weighted by molar-refractivity contribution is -0.122. The standard InChI is InChI=1S/C29H24N2O3S/c1-21-7-5-8-23(17-21)20-34-25-14-12-22(13-15-25)18-27-28(32)31(19-26-11-6-16-33-26)29(35-27)30-24-9-3-2-4-10-24/h2-18H,19-20H2,1H3/b27-18-,30-29?. The average Bonchev–Trinajstić information content (AvgIpc) is 3.49. The first kappa shape index (κ1) is 22.7. The Bertz CT molecular complexity index is 1360. The Kier molecular flexibility index (Phi) is 6.82. The third kappa shape index (κ3) is 5.73. The molecule has 174 valence electrons. The summed E-state index contributed by atoms with van der Waals surface area (Å²) in [5, 5.41) is 0.627. The Balaban J connectivity index is 1.33. The minimum atomic E-state index is -0.0964. The van der Waals surface area contributed by atoms with Gasteiger partial charge in [-0.25, -0.2) is 4.99 Å². The fraction of sp³-hybridized carbons (Fsp3) is 0.103. The second-order valence-electron chi connectivity index (χ2n) is 8.16. The first-order valence-corrected chi connectivity index (χ1v) is 12.1. The molecule has 0 N–H and O–H groups in total. The molecule has 0 unspecified atom stereocenters. The number of hydrogen-bond acceptors (Lipinski definition) is 5. The number of benzene rings is 3. The van der Waals surface area contributed by atoms with E-state index in [4.69, 9.17) is 14.1 Å². The van der Waals surface area contributed by atoms with Gasteiger partial charge in [-0.1, -0.05) is 60.2 Å². The van der Waals surface area contributed by atoms with E-state index in [0.29, 0.717) is 29.0 Å². The Hall–Kier alpha value is -4.03. The van der Waals surface area contributed by atoms with Crippen molar-refractivity contribution in [2.24, 2.45) is 4.99 Å². The number of rotatable bonds is 7. The van der Waals surface area contributed by atoms with Crippen LogP contribution in [0.2, 0.25) is 0 Å². The molecule has 1 aliphatic heterocycles. The Labute approximate surface area is 208 Å². The number of aliphatic imine (C=N–C) groups is 1. The number of carbonyl (C=O) groups excluding carboxylic acids is 1. The number of aryl methyl sites for hydroxylation is 1. The van der Waals surface area contributed by atoms with Crippen LogP contribution in [0, 0.1) is 6.92 Å². The monoisotopic (exact) mass is 480 g/mol. The van der Waals surface area contributed by atoms with Crippen molar-refractivity contribution in [2.45, 2.75) is 20.1 Å². The lowest BCUT2D eigenvalue weighted by Gasteiger charge is -2.13. The van der Waals surface area contributed by atoms with Crippen molar-refractivity contribution < 1.29 is 13.9 Å². The van der Waals surface area contributed by atoms with Crippen molar-refractivity contribution in [3.8, 4) is 5.75 Å². The molecule has 4 aromatic rings. The quantitative estimate of drug-likeness (QED) is 0.268. The van der Waals surface area contributed by atoms with Gasteiger partial charge in [0.15, 0.2) is 5.17 Å². The number of amides is 1. The van der Waals surface area contributed by atoms with Crippen molar-refractivity contribution >= 4 is 34.6 Å². The Morgan fingerprint density at radius 3 is 2.54 bits per heavy atom. The van der Waals surface area contributed by atoms with Gasteiger partial charge >= 0.3 is 0 Å². The molecule has 0 spiro atoms. The van der Waals surface area contributed by atoms with Crippen LogP contribution in [0.15, 0.2) is 112 Å². The summed E-state index contributed by atoms with van der Waals surface area (Å²) in [6.07, 6.45) is 3.50. The van der Waals surface area contributed by atoms with E-state index in [0.717, 1.165) is 22.6 Å². The SMILES string of the molecule is Cc1cccc(COc2ccc(/C=C3\SC(=Nc4ccccc4)N(Cc4ccco4)C3=O)cc2)c1. The summed E-state index contributed by atoms with van der Waals surface area (Å²) in [6, 6.07) is 29.3. The molecular formula is C29H24N2O3S. The van der Waals surface area contributed by atoms with E-state index in [1.165, 1.54) is 17.3 Å². The third-order valence-corrected chi connectivity index (χ3v) is 6.44. The molecule has 1 fully saturated rings. The summed E-state index contributed by atoms with van der Waals surface area (Å²) >= 11 is 1.37. The van der Waals surface area contributed by atoms with Gasteiger partial charge in [-0.3, -0.25) is 9.69 Å². The summed E-state index contributed by atoms with van der Waals surface area (Å²) in [5.74, 6) is 1.39. The minimum absolute atomic E-state index is 0.0964. The lowest BCUT2D eigenvalue weighted by atomic mass is 10.1. The van der Waals surface area contributed by atoms with E-state index in [9.17, 15) is 4.79 Å². The number of furan rings is 1. The fourth-order valence-corrected chi connectivity index (χ4v) is 4.68.